The number of hydrogen-bond donors (Lipinski definition) is 2. The zero-order chi connectivity index (χ0) is 24.7. The Bertz CT molecular complexity index is 1270. The third-order valence-electron chi connectivity index (χ3n) is 4.83. The smallest absolute Gasteiger partial charge is 0.344 e. The molecule has 0 bridgehead atoms. The third kappa shape index (κ3) is 6.29. The van der Waals surface area contributed by atoms with Gasteiger partial charge in [-0.3, -0.25) is 9.59 Å². The Hall–Kier alpha value is -3.98. The number of nitrogens with zero attached hydrogens (tertiary/aromatic N) is 1. The fourth-order valence-electron chi connectivity index (χ4n) is 2.85. The van der Waals surface area contributed by atoms with Gasteiger partial charge in [0.2, 0.25) is 0 Å². The van der Waals surface area contributed by atoms with E-state index >= 15 is 0 Å². The van der Waals surface area contributed by atoms with E-state index in [9.17, 15) is 14.4 Å². The van der Waals surface area contributed by atoms with Crippen molar-refractivity contribution in [3.05, 3.63) is 87.4 Å². The summed E-state index contributed by atoms with van der Waals surface area (Å²) in [6.45, 7) is 3.87. The van der Waals surface area contributed by atoms with E-state index in [4.69, 9.17) is 9.47 Å². The first-order valence-electron chi connectivity index (χ1n) is 10.1. The maximum atomic E-state index is 12.4. The summed E-state index contributed by atoms with van der Waals surface area (Å²) in [4.78, 5) is 36.5. The zero-order valence-corrected chi connectivity index (χ0v) is 20.3. The monoisotopic (exact) mass is 523 g/mol. The summed E-state index contributed by atoms with van der Waals surface area (Å²) in [7, 11) is 1.44. The number of carbonyl (C=O) groups is 3. The van der Waals surface area contributed by atoms with Gasteiger partial charge in [-0.05, 0) is 88.9 Å². The molecule has 0 saturated heterocycles. The van der Waals surface area contributed by atoms with Crippen molar-refractivity contribution >= 4 is 45.6 Å². The maximum absolute atomic E-state index is 12.4. The standard InChI is InChI=1S/C25H22BrN3O5/c1-15-8-10-18(12-16(15)2)28-23(30)24(31)29-27-14-17-9-11-21(22(13-17)33-3)34-25(32)19-6-4-5-7-20(19)26/h4-14H,1-3H3,(H,28,30)(H,29,31)/b27-14+. The minimum absolute atomic E-state index is 0.220. The van der Waals surface area contributed by atoms with E-state index in [0.717, 1.165) is 11.1 Å². The van der Waals surface area contributed by atoms with Gasteiger partial charge < -0.3 is 14.8 Å². The number of hydrazone groups is 1. The van der Waals surface area contributed by atoms with Crippen molar-refractivity contribution in [1.82, 2.24) is 5.43 Å². The van der Waals surface area contributed by atoms with E-state index < -0.39 is 17.8 Å². The van der Waals surface area contributed by atoms with E-state index in [1.54, 1.807) is 54.6 Å². The van der Waals surface area contributed by atoms with Crippen LogP contribution in [0.1, 0.15) is 27.0 Å². The molecule has 2 amide bonds. The predicted molar refractivity (Wildman–Crippen MR) is 132 cm³/mol. The molecule has 0 aliphatic carbocycles. The normalized spacial score (nSPS) is 10.6. The van der Waals surface area contributed by atoms with Gasteiger partial charge in [0.1, 0.15) is 0 Å². The number of hydrogen-bond acceptors (Lipinski definition) is 6. The highest BCUT2D eigenvalue weighted by Crippen LogP contribution is 2.29. The van der Waals surface area contributed by atoms with E-state index in [2.05, 4.69) is 31.8 Å². The van der Waals surface area contributed by atoms with Crippen molar-refractivity contribution in [1.29, 1.82) is 0 Å². The quantitative estimate of drug-likeness (QED) is 0.164. The van der Waals surface area contributed by atoms with Crippen molar-refractivity contribution in [2.75, 3.05) is 12.4 Å². The molecule has 0 aromatic heterocycles. The summed E-state index contributed by atoms with van der Waals surface area (Å²) in [5.41, 5.74) is 5.69. The van der Waals surface area contributed by atoms with Crippen LogP contribution in [0.2, 0.25) is 0 Å². The molecule has 0 fully saturated rings. The molecule has 0 radical (unpaired) electrons. The third-order valence-corrected chi connectivity index (χ3v) is 5.53. The van der Waals surface area contributed by atoms with Crippen LogP contribution in [0, 0.1) is 13.8 Å². The van der Waals surface area contributed by atoms with E-state index in [1.807, 2.05) is 19.9 Å². The Balaban J connectivity index is 1.61. The molecule has 0 atom stereocenters. The van der Waals surface area contributed by atoms with Gasteiger partial charge in [0.25, 0.3) is 0 Å². The van der Waals surface area contributed by atoms with Gasteiger partial charge >= 0.3 is 17.8 Å². The molecular weight excluding hydrogens is 502 g/mol. The largest absolute Gasteiger partial charge is 0.493 e. The van der Waals surface area contributed by atoms with Gasteiger partial charge in [0, 0.05) is 10.2 Å². The number of ether oxygens (including phenoxy) is 2. The summed E-state index contributed by atoms with van der Waals surface area (Å²) in [5, 5.41) is 6.33. The highest BCUT2D eigenvalue weighted by atomic mass is 79.9. The van der Waals surface area contributed by atoms with Crippen molar-refractivity contribution < 1.29 is 23.9 Å². The number of benzene rings is 3. The second-order valence-electron chi connectivity index (χ2n) is 7.23. The van der Waals surface area contributed by atoms with E-state index in [-0.39, 0.29) is 5.75 Å². The van der Waals surface area contributed by atoms with Gasteiger partial charge in [-0.15, -0.1) is 0 Å². The fourth-order valence-corrected chi connectivity index (χ4v) is 3.30. The predicted octanol–water partition coefficient (Wildman–Crippen LogP) is 4.38. The summed E-state index contributed by atoms with van der Waals surface area (Å²) < 4.78 is 11.4. The molecule has 3 aromatic rings. The van der Waals surface area contributed by atoms with Crippen LogP contribution in [0.4, 0.5) is 5.69 Å². The van der Waals surface area contributed by atoms with Crippen LogP contribution in [0.3, 0.4) is 0 Å². The molecule has 0 heterocycles. The first-order chi connectivity index (χ1) is 16.3. The molecule has 3 aromatic carbocycles. The van der Waals surface area contributed by atoms with E-state index in [0.29, 0.717) is 27.0 Å². The molecule has 3 rings (SSSR count). The second-order valence-corrected chi connectivity index (χ2v) is 8.09. The number of rotatable bonds is 6. The number of nitrogens with one attached hydrogen (secondary N) is 2. The maximum Gasteiger partial charge on any atom is 0.344 e. The number of carbonyl (C=O) groups excluding carboxylic acids is 3. The molecule has 2 N–H and O–H groups in total. The zero-order valence-electron chi connectivity index (χ0n) is 18.7. The molecule has 0 aliphatic rings. The van der Waals surface area contributed by atoms with Crippen molar-refractivity contribution in [2.24, 2.45) is 5.10 Å². The van der Waals surface area contributed by atoms with Crippen LogP contribution in [0.25, 0.3) is 0 Å². The fraction of sp³-hybridized carbons (Fsp3) is 0.120. The summed E-state index contributed by atoms with van der Waals surface area (Å²) in [6.07, 6.45) is 1.34. The number of halogens is 1. The molecule has 174 valence electrons. The molecule has 0 saturated carbocycles. The first-order valence-corrected chi connectivity index (χ1v) is 10.9. The van der Waals surface area contributed by atoms with Crippen LogP contribution in [-0.2, 0) is 9.59 Å². The summed E-state index contributed by atoms with van der Waals surface area (Å²) in [6, 6.07) is 17.0. The SMILES string of the molecule is COc1cc(/C=N/NC(=O)C(=O)Nc2ccc(C)c(C)c2)ccc1OC(=O)c1ccccc1Br. The van der Waals surface area contributed by atoms with Crippen molar-refractivity contribution in [3.63, 3.8) is 0 Å². The van der Waals surface area contributed by atoms with Gasteiger partial charge in [0.15, 0.2) is 11.5 Å². The highest BCUT2D eigenvalue weighted by Gasteiger charge is 2.16. The van der Waals surface area contributed by atoms with Gasteiger partial charge in [-0.1, -0.05) is 18.2 Å². The van der Waals surface area contributed by atoms with E-state index in [1.165, 1.54) is 13.3 Å². The molecule has 0 spiro atoms. The lowest BCUT2D eigenvalue weighted by molar-refractivity contribution is -0.136. The average molecular weight is 524 g/mol. The number of amides is 2. The minimum Gasteiger partial charge on any atom is -0.493 e. The van der Waals surface area contributed by atoms with Crippen molar-refractivity contribution in [3.8, 4) is 11.5 Å². The van der Waals surface area contributed by atoms with Crippen molar-refractivity contribution in [2.45, 2.75) is 13.8 Å². The van der Waals surface area contributed by atoms with Gasteiger partial charge in [-0.25, -0.2) is 10.2 Å². The molecular formula is C25H22BrN3O5. The van der Waals surface area contributed by atoms with Crippen LogP contribution in [0.5, 0.6) is 11.5 Å². The Labute approximate surface area is 205 Å². The average Bonchev–Trinajstić information content (AvgIpc) is 2.82. The molecule has 8 nitrogen and oxygen atoms in total. The Kier molecular flexibility index (Phi) is 8.15. The minimum atomic E-state index is -0.916. The van der Waals surface area contributed by atoms with Gasteiger partial charge in [-0.2, -0.15) is 5.10 Å². The lowest BCUT2D eigenvalue weighted by atomic mass is 10.1. The Morgan fingerprint density at radius 3 is 2.38 bits per heavy atom. The molecule has 34 heavy (non-hydrogen) atoms. The first kappa shape index (κ1) is 24.7. The molecule has 9 heteroatoms. The van der Waals surface area contributed by atoms with Crippen LogP contribution < -0.4 is 20.2 Å². The number of aryl methyl sites for hydroxylation is 2. The highest BCUT2D eigenvalue weighted by molar-refractivity contribution is 9.10. The van der Waals surface area contributed by atoms with Crippen LogP contribution in [0.15, 0.2) is 70.2 Å². The summed E-state index contributed by atoms with van der Waals surface area (Å²) in [5.74, 6) is -1.79. The number of anilines is 1. The van der Waals surface area contributed by atoms with Gasteiger partial charge in [0.05, 0.1) is 18.9 Å². The Morgan fingerprint density at radius 2 is 1.68 bits per heavy atom. The number of methoxy groups -OCH3 is 1. The lowest BCUT2D eigenvalue weighted by Crippen LogP contribution is -2.32. The second kappa shape index (κ2) is 11.2. The lowest BCUT2D eigenvalue weighted by Gasteiger charge is -2.10. The summed E-state index contributed by atoms with van der Waals surface area (Å²) >= 11 is 3.32. The Morgan fingerprint density at radius 1 is 0.912 bits per heavy atom. The van der Waals surface area contributed by atoms with Crippen LogP contribution in [-0.4, -0.2) is 31.1 Å². The molecule has 0 unspecified atom stereocenters. The number of esters is 1. The van der Waals surface area contributed by atoms with Crippen LogP contribution >= 0.6 is 15.9 Å². The molecule has 0 aliphatic heterocycles. The topological polar surface area (TPSA) is 106 Å².